The second-order valence-electron chi connectivity index (χ2n) is 6.53. The fourth-order valence-electron chi connectivity index (χ4n) is 3.44. The molecule has 0 heterocycles. The molecule has 1 N–H and O–H groups in total. The molecule has 0 aromatic heterocycles. The van der Waals surface area contributed by atoms with Gasteiger partial charge in [-0.05, 0) is 55.3 Å². The van der Waals surface area contributed by atoms with Crippen LogP contribution in [0.2, 0.25) is 0 Å². The van der Waals surface area contributed by atoms with Gasteiger partial charge in [0.05, 0.1) is 12.2 Å². The number of hydrogen-bond donors (Lipinski definition) is 1. The molecule has 1 aromatic rings. The van der Waals surface area contributed by atoms with E-state index in [-0.39, 0.29) is 18.0 Å². The normalized spacial score (nSPS) is 27.5. The smallest absolute Gasteiger partial charge is 0.123 e. The summed E-state index contributed by atoms with van der Waals surface area (Å²) < 4.78 is 19.8. The van der Waals surface area contributed by atoms with Gasteiger partial charge in [0.2, 0.25) is 0 Å². The van der Waals surface area contributed by atoms with Crippen molar-refractivity contribution in [3.8, 4) is 0 Å². The summed E-state index contributed by atoms with van der Waals surface area (Å²) in [6.45, 7) is 8.31. The molecule has 3 heteroatoms. The third-order valence-electron chi connectivity index (χ3n) is 4.29. The highest BCUT2D eigenvalue weighted by atomic mass is 19.1. The van der Waals surface area contributed by atoms with Gasteiger partial charge in [-0.1, -0.05) is 32.9 Å². The molecule has 0 saturated heterocycles. The number of hydrogen-bond acceptors (Lipinski definition) is 2. The Morgan fingerprint density at radius 3 is 2.57 bits per heavy atom. The highest BCUT2D eigenvalue weighted by Crippen LogP contribution is 2.33. The van der Waals surface area contributed by atoms with Crippen molar-refractivity contribution in [3.05, 3.63) is 35.6 Å². The zero-order chi connectivity index (χ0) is 15.2. The largest absolute Gasteiger partial charge is 0.369 e. The summed E-state index contributed by atoms with van der Waals surface area (Å²) in [5, 5.41) is 3.33. The van der Waals surface area contributed by atoms with E-state index in [9.17, 15) is 4.39 Å². The first-order valence-corrected chi connectivity index (χ1v) is 8.20. The first-order valence-electron chi connectivity index (χ1n) is 8.20. The summed E-state index contributed by atoms with van der Waals surface area (Å²) in [7, 11) is 0. The van der Waals surface area contributed by atoms with E-state index in [1.54, 1.807) is 12.1 Å². The summed E-state index contributed by atoms with van der Waals surface area (Å²) >= 11 is 0. The summed E-state index contributed by atoms with van der Waals surface area (Å²) in [6.07, 6.45) is 3.74. The maximum Gasteiger partial charge on any atom is 0.123 e. The maximum absolute atomic E-state index is 13.5. The molecule has 0 spiro atoms. The third-order valence-corrected chi connectivity index (χ3v) is 4.29. The van der Waals surface area contributed by atoms with Gasteiger partial charge in [-0.25, -0.2) is 4.39 Å². The van der Waals surface area contributed by atoms with Crippen LogP contribution in [0.3, 0.4) is 0 Å². The topological polar surface area (TPSA) is 21.3 Å². The number of ether oxygens (including phenoxy) is 1. The van der Waals surface area contributed by atoms with Crippen molar-refractivity contribution in [1.29, 1.82) is 0 Å². The van der Waals surface area contributed by atoms with Crippen molar-refractivity contribution < 1.29 is 9.13 Å². The Kier molecular flexibility index (Phi) is 6.19. The molecule has 118 valence electrons. The highest BCUT2D eigenvalue weighted by Gasteiger charge is 2.27. The molecule has 0 aliphatic heterocycles. The molecule has 1 aliphatic rings. The Morgan fingerprint density at radius 1 is 1.24 bits per heavy atom. The van der Waals surface area contributed by atoms with Gasteiger partial charge in [0.1, 0.15) is 5.82 Å². The zero-order valence-corrected chi connectivity index (χ0v) is 13.4. The SMILES string of the molecule is CCNCC(OC1CC(C)CC(C)C1)c1cccc(F)c1. The van der Waals surface area contributed by atoms with Crippen molar-refractivity contribution >= 4 is 0 Å². The van der Waals surface area contributed by atoms with Crippen LogP contribution in [0.4, 0.5) is 4.39 Å². The van der Waals surface area contributed by atoms with Crippen molar-refractivity contribution in [2.24, 2.45) is 11.8 Å². The maximum atomic E-state index is 13.5. The number of rotatable bonds is 6. The van der Waals surface area contributed by atoms with Crippen LogP contribution in [-0.2, 0) is 4.74 Å². The quantitative estimate of drug-likeness (QED) is 0.843. The molecule has 0 bridgehead atoms. The van der Waals surface area contributed by atoms with Gasteiger partial charge in [0, 0.05) is 6.54 Å². The van der Waals surface area contributed by atoms with E-state index < -0.39 is 0 Å². The molecule has 1 saturated carbocycles. The molecule has 2 rings (SSSR count). The molecule has 1 fully saturated rings. The van der Waals surface area contributed by atoms with Crippen molar-refractivity contribution in [3.63, 3.8) is 0 Å². The van der Waals surface area contributed by atoms with Crippen LogP contribution >= 0.6 is 0 Å². The van der Waals surface area contributed by atoms with Gasteiger partial charge in [0.25, 0.3) is 0 Å². The molecule has 1 aromatic carbocycles. The van der Waals surface area contributed by atoms with Gasteiger partial charge >= 0.3 is 0 Å². The Morgan fingerprint density at radius 2 is 1.95 bits per heavy atom. The van der Waals surface area contributed by atoms with Crippen LogP contribution in [0.5, 0.6) is 0 Å². The lowest BCUT2D eigenvalue weighted by molar-refractivity contribution is -0.0496. The van der Waals surface area contributed by atoms with E-state index in [1.165, 1.54) is 12.5 Å². The fourth-order valence-corrected chi connectivity index (χ4v) is 3.44. The first kappa shape index (κ1) is 16.4. The van der Waals surface area contributed by atoms with Crippen LogP contribution in [0.25, 0.3) is 0 Å². The van der Waals surface area contributed by atoms with Gasteiger partial charge in [-0.15, -0.1) is 0 Å². The second kappa shape index (κ2) is 7.90. The van der Waals surface area contributed by atoms with Crippen LogP contribution in [-0.4, -0.2) is 19.2 Å². The van der Waals surface area contributed by atoms with Crippen LogP contribution in [0, 0.1) is 17.7 Å². The van der Waals surface area contributed by atoms with E-state index >= 15 is 0 Å². The lowest BCUT2D eigenvalue weighted by Crippen LogP contribution is -2.31. The predicted molar refractivity (Wildman–Crippen MR) is 84.7 cm³/mol. The van der Waals surface area contributed by atoms with Gasteiger partial charge in [-0.3, -0.25) is 0 Å². The average Bonchev–Trinajstić information content (AvgIpc) is 2.42. The van der Waals surface area contributed by atoms with E-state index in [4.69, 9.17) is 4.74 Å². The van der Waals surface area contributed by atoms with E-state index in [0.29, 0.717) is 11.8 Å². The molecule has 0 radical (unpaired) electrons. The molecular formula is C18H28FNO. The van der Waals surface area contributed by atoms with Crippen LogP contribution < -0.4 is 5.32 Å². The molecule has 3 unspecified atom stereocenters. The Labute approximate surface area is 128 Å². The minimum absolute atomic E-state index is 0.0665. The summed E-state index contributed by atoms with van der Waals surface area (Å²) in [5.74, 6) is 1.24. The third kappa shape index (κ3) is 5.08. The molecule has 3 atom stereocenters. The molecule has 1 aliphatic carbocycles. The summed E-state index contributed by atoms with van der Waals surface area (Å²) in [4.78, 5) is 0. The first-order chi connectivity index (χ1) is 10.1. The standard InChI is InChI=1S/C18H28FNO/c1-4-20-12-18(15-6-5-7-16(19)11-15)21-17-9-13(2)8-14(3)10-17/h5-7,11,13-14,17-18,20H,4,8-10,12H2,1-3H3. The lowest BCUT2D eigenvalue weighted by Gasteiger charge is -2.34. The number of benzene rings is 1. The van der Waals surface area contributed by atoms with Crippen molar-refractivity contribution in [2.45, 2.75) is 52.2 Å². The minimum atomic E-state index is -0.192. The van der Waals surface area contributed by atoms with Crippen LogP contribution in [0.1, 0.15) is 51.7 Å². The van der Waals surface area contributed by atoms with Gasteiger partial charge in [-0.2, -0.15) is 0 Å². The zero-order valence-electron chi connectivity index (χ0n) is 13.4. The fraction of sp³-hybridized carbons (Fsp3) is 0.667. The number of likely N-dealkylation sites (N-methyl/N-ethyl adjacent to an activating group) is 1. The van der Waals surface area contributed by atoms with Crippen molar-refractivity contribution in [2.75, 3.05) is 13.1 Å². The van der Waals surface area contributed by atoms with E-state index in [1.807, 2.05) is 6.07 Å². The molecule has 21 heavy (non-hydrogen) atoms. The molecule has 0 amide bonds. The van der Waals surface area contributed by atoms with Gasteiger partial charge in [0.15, 0.2) is 0 Å². The Hall–Kier alpha value is -0.930. The summed E-state index contributed by atoms with van der Waals surface area (Å²) in [5.41, 5.74) is 0.932. The van der Waals surface area contributed by atoms with Crippen molar-refractivity contribution in [1.82, 2.24) is 5.32 Å². The Bertz CT molecular complexity index is 427. The average molecular weight is 293 g/mol. The van der Waals surface area contributed by atoms with E-state index in [0.717, 1.165) is 31.5 Å². The minimum Gasteiger partial charge on any atom is -0.369 e. The monoisotopic (exact) mass is 293 g/mol. The van der Waals surface area contributed by atoms with E-state index in [2.05, 4.69) is 26.1 Å². The molecular weight excluding hydrogens is 265 g/mol. The second-order valence-corrected chi connectivity index (χ2v) is 6.53. The highest BCUT2D eigenvalue weighted by molar-refractivity contribution is 5.19. The summed E-state index contributed by atoms with van der Waals surface area (Å²) in [6, 6.07) is 6.80. The number of halogens is 1. The predicted octanol–water partition coefficient (Wildman–Crippen LogP) is 4.32. The number of nitrogens with one attached hydrogen (secondary N) is 1. The van der Waals surface area contributed by atoms with Gasteiger partial charge < -0.3 is 10.1 Å². The van der Waals surface area contributed by atoms with Crippen LogP contribution in [0.15, 0.2) is 24.3 Å². The molecule has 2 nitrogen and oxygen atoms in total. The Balaban J connectivity index is 2.05. The lowest BCUT2D eigenvalue weighted by atomic mass is 9.81.